The van der Waals surface area contributed by atoms with Gasteiger partial charge in [-0.05, 0) is 56.2 Å². The van der Waals surface area contributed by atoms with Crippen LogP contribution in [0.25, 0.3) is 33.3 Å². The molecule has 0 amide bonds. The summed E-state index contributed by atoms with van der Waals surface area (Å²) in [5.74, 6) is -0.0755. The van der Waals surface area contributed by atoms with Gasteiger partial charge in [0.1, 0.15) is 11.5 Å². The first-order chi connectivity index (χ1) is 16.4. The Morgan fingerprint density at radius 3 is 2.47 bits per heavy atom. The van der Waals surface area contributed by atoms with Gasteiger partial charge in [-0.15, -0.1) is 0 Å². The predicted molar refractivity (Wildman–Crippen MR) is 130 cm³/mol. The second-order valence-corrected chi connectivity index (χ2v) is 8.42. The molecule has 0 aliphatic carbocycles. The Labute approximate surface area is 196 Å². The van der Waals surface area contributed by atoms with Gasteiger partial charge in [-0.25, -0.2) is 0 Å². The molecule has 3 aromatic heterocycles. The molecule has 0 saturated carbocycles. The zero-order valence-corrected chi connectivity index (χ0v) is 19.2. The molecule has 7 nitrogen and oxygen atoms in total. The van der Waals surface area contributed by atoms with Crippen molar-refractivity contribution in [3.8, 4) is 22.4 Å². The van der Waals surface area contributed by atoms with E-state index in [1.54, 1.807) is 6.20 Å². The van der Waals surface area contributed by atoms with Gasteiger partial charge in [0, 0.05) is 22.7 Å². The third kappa shape index (κ3) is 3.85. The fourth-order valence-corrected chi connectivity index (χ4v) is 4.40. The van der Waals surface area contributed by atoms with E-state index >= 15 is 0 Å². The minimum atomic E-state index is -0.849. The first-order valence-electron chi connectivity index (χ1n) is 11.1. The number of carbonyl (C=O) groups is 1. The van der Waals surface area contributed by atoms with Gasteiger partial charge in [-0.1, -0.05) is 41.6 Å². The Hall–Kier alpha value is -4.26. The molecular weight excluding hydrogens is 428 g/mol. The topological polar surface area (TPSA) is 94.0 Å². The van der Waals surface area contributed by atoms with Gasteiger partial charge < -0.3 is 9.63 Å². The number of nitrogens with zero attached hydrogens (tertiary/aromatic N) is 4. The molecule has 0 bridgehead atoms. The van der Waals surface area contributed by atoms with Crippen LogP contribution in [0.4, 0.5) is 0 Å². The van der Waals surface area contributed by atoms with Crippen LogP contribution >= 0.6 is 0 Å². The maximum absolute atomic E-state index is 11.1. The summed E-state index contributed by atoms with van der Waals surface area (Å²) in [4.78, 5) is 15.6. The molecule has 2 aromatic carbocycles. The van der Waals surface area contributed by atoms with E-state index in [2.05, 4.69) is 35.3 Å². The van der Waals surface area contributed by atoms with Crippen LogP contribution in [-0.2, 0) is 11.2 Å². The van der Waals surface area contributed by atoms with Gasteiger partial charge in [0.2, 0.25) is 0 Å². The van der Waals surface area contributed by atoms with Crippen LogP contribution in [0.1, 0.15) is 35.7 Å². The van der Waals surface area contributed by atoms with Crippen LogP contribution in [0.2, 0.25) is 0 Å². The van der Waals surface area contributed by atoms with Crippen molar-refractivity contribution in [1.82, 2.24) is 19.9 Å². The number of benzene rings is 2. The number of fused-ring (bicyclic) bond motifs is 1. The van der Waals surface area contributed by atoms with Crippen molar-refractivity contribution in [3.05, 3.63) is 89.6 Å². The molecule has 170 valence electrons. The number of pyridine rings is 1. The van der Waals surface area contributed by atoms with Gasteiger partial charge >= 0.3 is 5.97 Å². The minimum absolute atomic E-state index is 0.00697. The lowest BCUT2D eigenvalue weighted by atomic mass is 10.00. The van der Waals surface area contributed by atoms with Crippen molar-refractivity contribution in [1.29, 1.82) is 0 Å². The second kappa shape index (κ2) is 8.59. The summed E-state index contributed by atoms with van der Waals surface area (Å²) in [6, 6.07) is 19.6. The number of aromatic nitrogens is 4. The van der Waals surface area contributed by atoms with Crippen LogP contribution in [-0.4, -0.2) is 31.0 Å². The quantitative estimate of drug-likeness (QED) is 0.360. The molecule has 0 aliphatic rings. The maximum Gasteiger partial charge on any atom is 0.307 e. The Kier molecular flexibility index (Phi) is 5.45. The summed E-state index contributed by atoms with van der Waals surface area (Å²) in [6.45, 7) is 5.93. The fourth-order valence-electron chi connectivity index (χ4n) is 4.40. The summed E-state index contributed by atoms with van der Waals surface area (Å²) < 4.78 is 7.40. The van der Waals surface area contributed by atoms with E-state index in [9.17, 15) is 4.79 Å². The summed E-state index contributed by atoms with van der Waals surface area (Å²) in [5, 5.41) is 19.2. The van der Waals surface area contributed by atoms with Crippen molar-refractivity contribution in [3.63, 3.8) is 0 Å². The molecule has 34 heavy (non-hydrogen) atoms. The van der Waals surface area contributed by atoms with E-state index in [0.29, 0.717) is 0 Å². The Morgan fingerprint density at radius 1 is 1.06 bits per heavy atom. The van der Waals surface area contributed by atoms with Crippen LogP contribution in [0.3, 0.4) is 0 Å². The van der Waals surface area contributed by atoms with Crippen molar-refractivity contribution in [2.75, 3.05) is 0 Å². The highest BCUT2D eigenvalue weighted by Crippen LogP contribution is 2.35. The third-order valence-corrected chi connectivity index (χ3v) is 6.09. The lowest BCUT2D eigenvalue weighted by Crippen LogP contribution is -2.10. The number of carboxylic acids is 1. The van der Waals surface area contributed by atoms with Gasteiger partial charge in [-0.2, -0.15) is 5.10 Å². The fraction of sp³-hybridized carbons (Fsp3) is 0.185. The molecule has 5 rings (SSSR count). The number of hydrogen-bond donors (Lipinski definition) is 1. The van der Waals surface area contributed by atoms with Crippen LogP contribution in [0, 0.1) is 13.8 Å². The number of carboxylic acid groups (broad SMARTS) is 1. The Bertz CT molecular complexity index is 1460. The Morgan fingerprint density at radius 2 is 1.82 bits per heavy atom. The van der Waals surface area contributed by atoms with Gasteiger partial charge in [0.05, 0.1) is 29.4 Å². The summed E-state index contributed by atoms with van der Waals surface area (Å²) in [5.41, 5.74) is 7.25. The number of aryl methyl sites for hydroxylation is 2. The van der Waals surface area contributed by atoms with Crippen LogP contribution < -0.4 is 0 Å². The number of rotatable bonds is 6. The van der Waals surface area contributed by atoms with Crippen LogP contribution in [0.15, 0.2) is 71.4 Å². The zero-order chi connectivity index (χ0) is 23.8. The van der Waals surface area contributed by atoms with Crippen molar-refractivity contribution in [2.24, 2.45) is 0 Å². The number of hydrogen-bond acceptors (Lipinski definition) is 5. The highest BCUT2D eigenvalue weighted by atomic mass is 16.5. The maximum atomic E-state index is 11.1. The van der Waals surface area contributed by atoms with Crippen LogP contribution in [0.5, 0.6) is 0 Å². The monoisotopic (exact) mass is 452 g/mol. The largest absolute Gasteiger partial charge is 0.481 e. The SMILES string of the molecule is Cc1noc(C)c1-c1ccc2c(-c3ccc(CC(=O)O)cc3)nn([C@@H](C)c3ccccn3)c2c1. The van der Waals surface area contributed by atoms with E-state index in [-0.39, 0.29) is 12.5 Å². The first-order valence-corrected chi connectivity index (χ1v) is 11.1. The average molecular weight is 453 g/mol. The highest BCUT2D eigenvalue weighted by Gasteiger charge is 2.20. The van der Waals surface area contributed by atoms with E-state index in [1.165, 1.54) is 0 Å². The molecule has 3 heterocycles. The molecule has 0 saturated heterocycles. The summed E-state index contributed by atoms with van der Waals surface area (Å²) in [6.07, 6.45) is 1.78. The van der Waals surface area contributed by atoms with E-state index in [1.807, 2.05) is 61.0 Å². The number of aliphatic carboxylic acids is 1. The van der Waals surface area contributed by atoms with Gasteiger partial charge in [0.15, 0.2) is 0 Å². The molecule has 0 spiro atoms. The summed E-state index contributed by atoms with van der Waals surface area (Å²) >= 11 is 0. The average Bonchev–Trinajstić information content (AvgIpc) is 3.38. The van der Waals surface area contributed by atoms with Crippen molar-refractivity contribution < 1.29 is 14.4 Å². The molecule has 5 aromatic rings. The molecule has 0 fully saturated rings. The predicted octanol–water partition coefficient (Wildman–Crippen LogP) is 5.61. The minimum Gasteiger partial charge on any atom is -0.481 e. The molecule has 0 aliphatic heterocycles. The molecule has 0 radical (unpaired) electrons. The third-order valence-electron chi connectivity index (χ3n) is 6.09. The smallest absolute Gasteiger partial charge is 0.307 e. The second-order valence-electron chi connectivity index (χ2n) is 8.42. The standard InChI is InChI=1S/C27H24N4O3/c1-16-26(18(3)34-30-16)21-11-12-22-24(15-21)31(17(2)23-6-4-5-13-28-23)29-27(22)20-9-7-19(8-10-20)14-25(32)33/h4-13,15,17H,14H2,1-3H3,(H,32,33)/t17-/m0/s1. The van der Waals surface area contributed by atoms with E-state index in [0.717, 1.165) is 56.0 Å². The lowest BCUT2D eigenvalue weighted by molar-refractivity contribution is -0.136. The molecule has 0 unspecified atom stereocenters. The van der Waals surface area contributed by atoms with E-state index < -0.39 is 5.97 Å². The highest BCUT2D eigenvalue weighted by molar-refractivity contribution is 5.96. The normalized spacial score (nSPS) is 12.2. The molecular formula is C27H24N4O3. The van der Waals surface area contributed by atoms with Gasteiger partial charge in [0.25, 0.3) is 0 Å². The molecule has 1 atom stereocenters. The summed E-state index contributed by atoms with van der Waals surface area (Å²) in [7, 11) is 0. The van der Waals surface area contributed by atoms with Crippen molar-refractivity contribution in [2.45, 2.75) is 33.2 Å². The van der Waals surface area contributed by atoms with Gasteiger partial charge in [-0.3, -0.25) is 14.5 Å². The molecule has 1 N–H and O–H groups in total. The lowest BCUT2D eigenvalue weighted by Gasteiger charge is -2.13. The van der Waals surface area contributed by atoms with Crippen molar-refractivity contribution >= 4 is 16.9 Å². The molecule has 7 heteroatoms. The Balaban J connectivity index is 1.68. The zero-order valence-electron chi connectivity index (χ0n) is 19.2. The first kappa shape index (κ1) is 21.6. The van der Waals surface area contributed by atoms with E-state index in [4.69, 9.17) is 14.7 Å².